The minimum atomic E-state index is -0.546. The van der Waals surface area contributed by atoms with E-state index in [-0.39, 0.29) is 30.7 Å². The highest BCUT2D eigenvalue weighted by Crippen LogP contribution is 2.32. The molecular formula is C20H21N3O4. The molecule has 0 aliphatic carbocycles. The first-order valence-corrected chi connectivity index (χ1v) is 8.69. The topological polar surface area (TPSA) is 96.5 Å². The third kappa shape index (κ3) is 4.44. The number of aryl methyl sites for hydroxylation is 1. The Labute approximate surface area is 157 Å². The lowest BCUT2D eigenvalue weighted by Gasteiger charge is -2.23. The highest BCUT2D eigenvalue weighted by Gasteiger charge is 2.23. The van der Waals surface area contributed by atoms with Gasteiger partial charge in [-0.2, -0.15) is 0 Å². The Bertz CT molecular complexity index is 895. The molecule has 0 bridgehead atoms. The summed E-state index contributed by atoms with van der Waals surface area (Å²) in [5.41, 5.74) is 2.54. The van der Waals surface area contributed by atoms with Crippen molar-refractivity contribution >= 4 is 29.1 Å². The number of ether oxygens (including phenoxy) is 1. The van der Waals surface area contributed by atoms with Crippen LogP contribution in [0.3, 0.4) is 0 Å². The van der Waals surface area contributed by atoms with E-state index in [0.29, 0.717) is 22.7 Å². The van der Waals surface area contributed by atoms with Crippen molar-refractivity contribution in [3.8, 4) is 5.75 Å². The molecule has 1 heterocycles. The van der Waals surface area contributed by atoms with E-state index < -0.39 is 6.10 Å². The Morgan fingerprint density at radius 1 is 1.19 bits per heavy atom. The molecule has 7 heteroatoms. The first-order chi connectivity index (χ1) is 12.9. The fourth-order valence-corrected chi connectivity index (χ4v) is 2.72. The van der Waals surface area contributed by atoms with E-state index in [0.717, 1.165) is 5.56 Å². The van der Waals surface area contributed by atoms with Crippen molar-refractivity contribution in [2.75, 3.05) is 17.2 Å². The lowest BCUT2D eigenvalue weighted by Crippen LogP contribution is -2.34. The molecule has 2 aromatic rings. The van der Waals surface area contributed by atoms with Crippen LogP contribution in [0.5, 0.6) is 5.75 Å². The van der Waals surface area contributed by atoms with Crippen molar-refractivity contribution in [2.45, 2.75) is 26.4 Å². The summed E-state index contributed by atoms with van der Waals surface area (Å²) in [4.78, 5) is 35.9. The van der Waals surface area contributed by atoms with Gasteiger partial charge in [-0.25, -0.2) is 0 Å². The van der Waals surface area contributed by atoms with E-state index in [9.17, 15) is 14.4 Å². The Kier molecular flexibility index (Phi) is 5.40. The molecule has 0 aromatic heterocycles. The van der Waals surface area contributed by atoms with Gasteiger partial charge in [-0.1, -0.05) is 18.2 Å². The predicted molar refractivity (Wildman–Crippen MR) is 102 cm³/mol. The van der Waals surface area contributed by atoms with E-state index >= 15 is 0 Å². The number of hydrogen-bond acceptors (Lipinski definition) is 4. The van der Waals surface area contributed by atoms with Gasteiger partial charge in [0.15, 0.2) is 6.10 Å². The van der Waals surface area contributed by atoms with Crippen LogP contribution in [0.1, 0.15) is 29.3 Å². The molecular weight excluding hydrogens is 346 g/mol. The third-order valence-electron chi connectivity index (χ3n) is 4.22. The van der Waals surface area contributed by atoms with Crippen molar-refractivity contribution < 1.29 is 19.1 Å². The molecule has 0 saturated carbocycles. The van der Waals surface area contributed by atoms with Gasteiger partial charge in [0.05, 0.1) is 5.69 Å². The van der Waals surface area contributed by atoms with Gasteiger partial charge in [-0.15, -0.1) is 0 Å². The summed E-state index contributed by atoms with van der Waals surface area (Å²) in [6.45, 7) is 3.75. The SMILES string of the molecule is Cc1ccccc1C(=O)NCCC(=O)Nc1ccc2c(c1)NC(=O)[C@@H](C)O2. The molecule has 3 N–H and O–H groups in total. The van der Waals surface area contributed by atoms with Gasteiger partial charge in [0.1, 0.15) is 5.75 Å². The van der Waals surface area contributed by atoms with Crippen LogP contribution in [-0.2, 0) is 9.59 Å². The second-order valence-corrected chi connectivity index (χ2v) is 6.33. The third-order valence-corrected chi connectivity index (χ3v) is 4.22. The van der Waals surface area contributed by atoms with Gasteiger partial charge in [0.25, 0.3) is 11.8 Å². The summed E-state index contributed by atoms with van der Waals surface area (Å²) in [7, 11) is 0. The Morgan fingerprint density at radius 3 is 2.74 bits per heavy atom. The summed E-state index contributed by atoms with van der Waals surface area (Å²) in [5, 5.41) is 8.22. The Hall–Kier alpha value is -3.35. The van der Waals surface area contributed by atoms with E-state index in [4.69, 9.17) is 4.74 Å². The van der Waals surface area contributed by atoms with Crippen LogP contribution in [0, 0.1) is 6.92 Å². The number of rotatable bonds is 5. The first kappa shape index (κ1) is 18.4. The molecule has 3 amide bonds. The standard InChI is InChI=1S/C20H21N3O4/c1-12-5-3-4-6-15(12)20(26)21-10-9-18(24)22-14-7-8-17-16(11-14)23-19(25)13(2)27-17/h3-8,11,13H,9-10H2,1-2H3,(H,21,26)(H,22,24)(H,23,25)/t13-/m1/s1. The van der Waals surface area contributed by atoms with Gasteiger partial charge in [0.2, 0.25) is 5.91 Å². The lowest BCUT2D eigenvalue weighted by atomic mass is 10.1. The molecule has 3 rings (SSSR count). The maximum absolute atomic E-state index is 12.1. The molecule has 0 unspecified atom stereocenters. The van der Waals surface area contributed by atoms with Gasteiger partial charge in [-0.05, 0) is 43.7 Å². The lowest BCUT2D eigenvalue weighted by molar-refractivity contribution is -0.122. The molecule has 1 atom stereocenters. The van der Waals surface area contributed by atoms with Gasteiger partial charge >= 0.3 is 0 Å². The van der Waals surface area contributed by atoms with Crippen molar-refractivity contribution in [3.63, 3.8) is 0 Å². The number of hydrogen-bond donors (Lipinski definition) is 3. The van der Waals surface area contributed by atoms with Crippen LogP contribution in [0.15, 0.2) is 42.5 Å². The molecule has 7 nitrogen and oxygen atoms in total. The van der Waals surface area contributed by atoms with E-state index in [1.54, 1.807) is 37.3 Å². The van der Waals surface area contributed by atoms with Crippen LogP contribution in [0.25, 0.3) is 0 Å². The molecule has 140 valence electrons. The fraction of sp³-hybridized carbons (Fsp3) is 0.250. The number of carbonyl (C=O) groups is 3. The van der Waals surface area contributed by atoms with Crippen LogP contribution in [-0.4, -0.2) is 30.4 Å². The van der Waals surface area contributed by atoms with E-state index in [1.807, 2.05) is 19.1 Å². The summed E-state index contributed by atoms with van der Waals surface area (Å²) in [5.74, 6) is -0.115. The number of benzene rings is 2. The highest BCUT2D eigenvalue weighted by molar-refractivity contribution is 5.99. The summed E-state index contributed by atoms with van der Waals surface area (Å²) >= 11 is 0. The molecule has 0 radical (unpaired) electrons. The smallest absolute Gasteiger partial charge is 0.265 e. The monoisotopic (exact) mass is 367 g/mol. The van der Waals surface area contributed by atoms with Crippen LogP contribution >= 0.6 is 0 Å². The summed E-state index contributed by atoms with van der Waals surface area (Å²) in [6.07, 6.45) is -0.413. The quantitative estimate of drug-likeness (QED) is 0.756. The zero-order valence-corrected chi connectivity index (χ0v) is 15.2. The van der Waals surface area contributed by atoms with Gasteiger partial charge < -0.3 is 20.7 Å². The zero-order chi connectivity index (χ0) is 19.4. The van der Waals surface area contributed by atoms with E-state index in [1.165, 1.54) is 0 Å². The van der Waals surface area contributed by atoms with Gasteiger partial charge in [0, 0.05) is 24.2 Å². The molecule has 0 fully saturated rings. The van der Waals surface area contributed by atoms with Crippen molar-refractivity contribution in [2.24, 2.45) is 0 Å². The van der Waals surface area contributed by atoms with Crippen molar-refractivity contribution in [3.05, 3.63) is 53.6 Å². The predicted octanol–water partition coefficient (Wildman–Crippen LogP) is 2.47. The maximum Gasteiger partial charge on any atom is 0.265 e. The second kappa shape index (κ2) is 7.90. The number of fused-ring (bicyclic) bond motifs is 1. The van der Waals surface area contributed by atoms with Crippen LogP contribution in [0.4, 0.5) is 11.4 Å². The largest absolute Gasteiger partial charge is 0.479 e. The van der Waals surface area contributed by atoms with Crippen LogP contribution < -0.4 is 20.7 Å². The van der Waals surface area contributed by atoms with E-state index in [2.05, 4.69) is 16.0 Å². The first-order valence-electron chi connectivity index (χ1n) is 8.69. The molecule has 1 aliphatic heterocycles. The van der Waals surface area contributed by atoms with Gasteiger partial charge in [-0.3, -0.25) is 14.4 Å². The molecule has 0 spiro atoms. The normalized spacial score (nSPS) is 15.2. The molecule has 0 saturated heterocycles. The second-order valence-electron chi connectivity index (χ2n) is 6.33. The average Bonchev–Trinajstić information content (AvgIpc) is 2.63. The number of amides is 3. The van der Waals surface area contributed by atoms with Crippen molar-refractivity contribution in [1.29, 1.82) is 0 Å². The molecule has 2 aromatic carbocycles. The van der Waals surface area contributed by atoms with Crippen molar-refractivity contribution in [1.82, 2.24) is 5.32 Å². The molecule has 27 heavy (non-hydrogen) atoms. The fourth-order valence-electron chi connectivity index (χ4n) is 2.72. The number of carbonyl (C=O) groups excluding carboxylic acids is 3. The maximum atomic E-state index is 12.1. The van der Waals surface area contributed by atoms with Crippen LogP contribution in [0.2, 0.25) is 0 Å². The Balaban J connectivity index is 1.51. The highest BCUT2D eigenvalue weighted by atomic mass is 16.5. The summed E-state index contributed by atoms with van der Waals surface area (Å²) in [6, 6.07) is 12.3. The number of nitrogens with one attached hydrogen (secondary N) is 3. The minimum absolute atomic E-state index is 0.134. The number of anilines is 2. The average molecular weight is 367 g/mol. The Morgan fingerprint density at radius 2 is 1.96 bits per heavy atom. The zero-order valence-electron chi connectivity index (χ0n) is 15.2. The molecule has 1 aliphatic rings. The minimum Gasteiger partial charge on any atom is -0.479 e. The summed E-state index contributed by atoms with van der Waals surface area (Å²) < 4.78 is 5.47.